The Morgan fingerprint density at radius 2 is 1.80 bits per heavy atom. The van der Waals surface area contributed by atoms with Gasteiger partial charge in [-0.1, -0.05) is 36.4 Å². The first-order valence-electron chi connectivity index (χ1n) is 11.6. The minimum atomic E-state index is -0.632. The van der Waals surface area contributed by atoms with Crippen LogP contribution < -0.4 is 5.32 Å². The second kappa shape index (κ2) is 9.99. The molecule has 8 nitrogen and oxygen atoms in total. The maximum absolute atomic E-state index is 12.6. The van der Waals surface area contributed by atoms with Crippen LogP contribution in [0, 0.1) is 0 Å². The van der Waals surface area contributed by atoms with E-state index >= 15 is 0 Å². The molecule has 1 fully saturated rings. The van der Waals surface area contributed by atoms with Crippen molar-refractivity contribution in [2.45, 2.75) is 13.0 Å². The van der Waals surface area contributed by atoms with Gasteiger partial charge in [0.15, 0.2) is 5.76 Å². The molecular formula is C27H26N4O4. The van der Waals surface area contributed by atoms with Gasteiger partial charge in [-0.2, -0.15) is 5.10 Å². The number of furan rings is 1. The summed E-state index contributed by atoms with van der Waals surface area (Å²) < 4.78 is 13.1. The summed E-state index contributed by atoms with van der Waals surface area (Å²) in [6.07, 6.45) is 4.96. The van der Waals surface area contributed by atoms with E-state index in [0.717, 1.165) is 22.2 Å². The number of aromatic nitrogens is 2. The first-order chi connectivity index (χ1) is 17.1. The molecule has 0 radical (unpaired) electrons. The summed E-state index contributed by atoms with van der Waals surface area (Å²) >= 11 is 0. The van der Waals surface area contributed by atoms with Gasteiger partial charge in [-0.3, -0.25) is 9.59 Å². The standard InChI is InChI=1S/C27H26N4O4/c1-19(27(33)30-13-15-34-16-14-30)28-25(32)12-11-21-18-31(22-8-3-2-4-9-22)29-26(21)24-17-20-7-5-6-10-23(20)35-24/h2-12,17-19H,13-16H2,1H3,(H,28,32)/b12-11+. The average Bonchev–Trinajstić information content (AvgIpc) is 3.52. The van der Waals surface area contributed by atoms with E-state index in [9.17, 15) is 9.59 Å². The summed E-state index contributed by atoms with van der Waals surface area (Å²) in [7, 11) is 0. The van der Waals surface area contributed by atoms with Crippen molar-refractivity contribution >= 4 is 28.9 Å². The summed E-state index contributed by atoms with van der Waals surface area (Å²) in [5.41, 5.74) is 2.99. The van der Waals surface area contributed by atoms with Crippen LogP contribution in [0.15, 0.2) is 77.4 Å². The van der Waals surface area contributed by atoms with Crippen LogP contribution in [-0.4, -0.2) is 58.8 Å². The van der Waals surface area contributed by atoms with Gasteiger partial charge in [-0.25, -0.2) is 4.68 Å². The van der Waals surface area contributed by atoms with Gasteiger partial charge in [0.25, 0.3) is 0 Å². The fourth-order valence-electron chi connectivity index (χ4n) is 4.06. The molecule has 2 aromatic heterocycles. The molecule has 0 bridgehead atoms. The lowest BCUT2D eigenvalue weighted by Crippen LogP contribution is -2.50. The zero-order chi connectivity index (χ0) is 24.2. The minimum Gasteiger partial charge on any atom is -0.454 e. The number of hydrogen-bond acceptors (Lipinski definition) is 5. The third-order valence-electron chi connectivity index (χ3n) is 5.89. The SMILES string of the molecule is CC(NC(=O)/C=C/c1cn(-c2ccccc2)nc1-c1cc2ccccc2o1)C(=O)N1CCOCC1. The molecule has 1 unspecified atom stereocenters. The average molecular weight is 471 g/mol. The molecule has 1 saturated heterocycles. The van der Waals surface area contributed by atoms with Gasteiger partial charge < -0.3 is 19.4 Å². The molecule has 0 spiro atoms. The Morgan fingerprint density at radius 3 is 2.57 bits per heavy atom. The molecule has 35 heavy (non-hydrogen) atoms. The summed E-state index contributed by atoms with van der Waals surface area (Å²) in [5.74, 6) is 0.133. The van der Waals surface area contributed by atoms with Crippen molar-refractivity contribution in [1.29, 1.82) is 0 Å². The van der Waals surface area contributed by atoms with Gasteiger partial charge in [0.2, 0.25) is 11.8 Å². The number of benzene rings is 2. The van der Waals surface area contributed by atoms with Crippen molar-refractivity contribution in [3.8, 4) is 17.1 Å². The van der Waals surface area contributed by atoms with E-state index in [0.29, 0.717) is 37.8 Å². The number of amides is 2. The highest BCUT2D eigenvalue weighted by molar-refractivity contribution is 5.96. The topological polar surface area (TPSA) is 89.6 Å². The molecule has 0 aliphatic carbocycles. The first kappa shape index (κ1) is 22.6. The fourth-order valence-corrected chi connectivity index (χ4v) is 4.06. The van der Waals surface area contributed by atoms with Crippen LogP contribution in [0.25, 0.3) is 34.2 Å². The number of fused-ring (bicyclic) bond motifs is 1. The van der Waals surface area contributed by atoms with E-state index in [4.69, 9.17) is 14.3 Å². The van der Waals surface area contributed by atoms with Crippen LogP contribution in [0.3, 0.4) is 0 Å². The minimum absolute atomic E-state index is 0.116. The molecular weight excluding hydrogens is 444 g/mol. The number of para-hydroxylation sites is 2. The van der Waals surface area contributed by atoms with Crippen LogP contribution in [0.5, 0.6) is 0 Å². The molecule has 3 heterocycles. The van der Waals surface area contributed by atoms with Crippen molar-refractivity contribution < 1.29 is 18.7 Å². The maximum Gasteiger partial charge on any atom is 0.245 e. The van der Waals surface area contributed by atoms with Gasteiger partial charge in [0.1, 0.15) is 17.3 Å². The van der Waals surface area contributed by atoms with Gasteiger partial charge in [0.05, 0.1) is 18.9 Å². The lowest BCUT2D eigenvalue weighted by molar-refractivity contribution is -0.138. The molecule has 5 rings (SSSR count). The van der Waals surface area contributed by atoms with Crippen LogP contribution >= 0.6 is 0 Å². The molecule has 2 aromatic carbocycles. The number of carbonyl (C=O) groups excluding carboxylic acids is 2. The zero-order valence-electron chi connectivity index (χ0n) is 19.4. The van der Waals surface area contributed by atoms with Gasteiger partial charge in [-0.05, 0) is 37.3 Å². The Morgan fingerprint density at radius 1 is 1.06 bits per heavy atom. The highest BCUT2D eigenvalue weighted by Gasteiger charge is 2.23. The number of hydrogen-bond donors (Lipinski definition) is 1. The Hall–Kier alpha value is -4.17. The van der Waals surface area contributed by atoms with E-state index in [-0.39, 0.29) is 11.8 Å². The number of rotatable bonds is 6. The van der Waals surface area contributed by atoms with Crippen molar-refractivity contribution in [3.05, 3.63) is 78.5 Å². The van der Waals surface area contributed by atoms with Crippen molar-refractivity contribution in [2.75, 3.05) is 26.3 Å². The summed E-state index contributed by atoms with van der Waals surface area (Å²) in [5, 5.41) is 8.47. The molecule has 1 N–H and O–H groups in total. The second-order valence-corrected chi connectivity index (χ2v) is 8.36. The predicted molar refractivity (Wildman–Crippen MR) is 133 cm³/mol. The number of morpholine rings is 1. The number of ether oxygens (including phenoxy) is 1. The Balaban J connectivity index is 1.39. The van der Waals surface area contributed by atoms with Crippen LogP contribution in [0.4, 0.5) is 0 Å². The third kappa shape index (κ3) is 5.02. The van der Waals surface area contributed by atoms with E-state index < -0.39 is 6.04 Å². The Kier molecular flexibility index (Phi) is 6.45. The van der Waals surface area contributed by atoms with E-state index in [1.807, 2.05) is 66.9 Å². The highest BCUT2D eigenvalue weighted by atomic mass is 16.5. The molecule has 1 aliphatic rings. The van der Waals surface area contributed by atoms with Crippen LogP contribution in [0.1, 0.15) is 12.5 Å². The largest absolute Gasteiger partial charge is 0.454 e. The summed E-state index contributed by atoms with van der Waals surface area (Å²) in [6, 6.07) is 18.8. The smallest absolute Gasteiger partial charge is 0.245 e. The number of nitrogens with zero attached hydrogens (tertiary/aromatic N) is 3. The van der Waals surface area contributed by atoms with Gasteiger partial charge in [0, 0.05) is 36.3 Å². The lowest BCUT2D eigenvalue weighted by Gasteiger charge is -2.29. The molecule has 1 atom stereocenters. The second-order valence-electron chi connectivity index (χ2n) is 8.36. The van der Waals surface area contributed by atoms with Gasteiger partial charge in [-0.15, -0.1) is 0 Å². The van der Waals surface area contributed by atoms with Crippen molar-refractivity contribution in [3.63, 3.8) is 0 Å². The van der Waals surface area contributed by atoms with Crippen LogP contribution in [0.2, 0.25) is 0 Å². The first-order valence-corrected chi connectivity index (χ1v) is 11.6. The fraction of sp³-hybridized carbons (Fsp3) is 0.222. The Bertz CT molecular complexity index is 1330. The lowest BCUT2D eigenvalue weighted by atomic mass is 10.1. The van der Waals surface area contributed by atoms with E-state index in [1.165, 1.54) is 6.08 Å². The summed E-state index contributed by atoms with van der Waals surface area (Å²) in [6.45, 7) is 3.80. The molecule has 178 valence electrons. The highest BCUT2D eigenvalue weighted by Crippen LogP contribution is 2.30. The van der Waals surface area contributed by atoms with E-state index in [2.05, 4.69) is 5.32 Å². The molecule has 8 heteroatoms. The molecule has 4 aromatic rings. The molecule has 1 aliphatic heterocycles. The zero-order valence-corrected chi connectivity index (χ0v) is 19.4. The number of carbonyl (C=O) groups is 2. The van der Waals surface area contributed by atoms with Crippen molar-refractivity contribution in [1.82, 2.24) is 20.0 Å². The Labute approximate surface area is 202 Å². The van der Waals surface area contributed by atoms with Crippen LogP contribution in [-0.2, 0) is 14.3 Å². The molecule has 2 amide bonds. The maximum atomic E-state index is 12.6. The van der Waals surface area contributed by atoms with Crippen molar-refractivity contribution in [2.24, 2.45) is 0 Å². The summed E-state index contributed by atoms with van der Waals surface area (Å²) in [4.78, 5) is 26.9. The number of nitrogens with one attached hydrogen (secondary N) is 1. The quantitative estimate of drug-likeness (QED) is 0.435. The third-order valence-corrected chi connectivity index (χ3v) is 5.89. The predicted octanol–water partition coefficient (Wildman–Crippen LogP) is 3.66. The molecule has 0 saturated carbocycles. The monoisotopic (exact) mass is 470 g/mol. The van der Waals surface area contributed by atoms with E-state index in [1.54, 1.807) is 22.6 Å². The normalized spacial score (nSPS) is 14.9. The van der Waals surface area contributed by atoms with Gasteiger partial charge >= 0.3 is 0 Å².